The zero-order valence-corrected chi connectivity index (χ0v) is 74.7. The van der Waals surface area contributed by atoms with Gasteiger partial charge < -0.3 is 112 Å². The van der Waals surface area contributed by atoms with Crippen LogP contribution in [0.2, 0.25) is 0 Å². The van der Waals surface area contributed by atoms with Crippen molar-refractivity contribution in [3.8, 4) is 23.0 Å². The number of carboxylic acid groups (broad SMARTS) is 1. The minimum atomic E-state index is -0.970. The lowest BCUT2D eigenvalue weighted by atomic mass is 10.1. The molecule has 0 fully saturated rings. The number of benzene rings is 2. The van der Waals surface area contributed by atoms with Crippen LogP contribution in [0.3, 0.4) is 0 Å². The molecule has 0 radical (unpaired) electrons. The van der Waals surface area contributed by atoms with Crippen LogP contribution >= 0.6 is 0 Å². The van der Waals surface area contributed by atoms with Crippen LogP contribution in [0.5, 0.6) is 23.0 Å². The van der Waals surface area contributed by atoms with E-state index in [0.717, 1.165) is 76.4 Å². The SMILES string of the molecule is CN(C)CCCNC(=O)c1cc(CC(=O)c2cc(NC(=O)c3cc(CC(=O)c4cc(N)cn4C)cn3C)cn2C)cn1C.COC(=O)c1cc(OC)c(OCCCC(=O)Nc2cc(C(=O)Nc3cc(C(=O)Cc4cc(C(=O)Nc5cc(C(=O)CCCCN(C)C)n(C)c5)n(C)c4)n(C)c3)n(C)c2)cc1[N+](=O)[O-].COC(=O)c1cc(OC)c(OCCCC(=O)O)cc1[N+](=O)[O-]. The van der Waals surface area contributed by atoms with E-state index in [1.807, 2.05) is 28.2 Å². The van der Waals surface area contributed by atoms with Crippen LogP contribution in [-0.4, -0.2) is 221 Å². The summed E-state index contributed by atoms with van der Waals surface area (Å²) in [6.07, 6.45) is 17.0. The molecular formula is C88H108N18O23. The van der Waals surface area contributed by atoms with Crippen LogP contribution in [0.25, 0.3) is 0 Å². The fourth-order valence-corrected chi connectivity index (χ4v) is 13.8. The summed E-state index contributed by atoms with van der Waals surface area (Å²) in [4.78, 5) is 177. The highest BCUT2D eigenvalue weighted by Gasteiger charge is 2.30. The third kappa shape index (κ3) is 27.4. The molecule has 0 saturated heterocycles. The highest BCUT2D eigenvalue weighted by atomic mass is 16.6. The molecule has 688 valence electrons. The zero-order valence-electron chi connectivity index (χ0n) is 74.7. The van der Waals surface area contributed by atoms with Gasteiger partial charge in [0.2, 0.25) is 5.91 Å². The number of amides is 5. The van der Waals surface area contributed by atoms with E-state index < -0.39 is 50.9 Å². The number of aromatic nitrogens is 8. The van der Waals surface area contributed by atoms with Crippen LogP contribution in [0.15, 0.2) is 122 Å². The van der Waals surface area contributed by atoms with E-state index >= 15 is 0 Å². The number of nitrogens with two attached hydrogens (primary N) is 1. The number of carbonyl (C=O) groups excluding carboxylic acids is 11. The van der Waals surface area contributed by atoms with Gasteiger partial charge in [0.05, 0.1) is 115 Å². The molecule has 5 amide bonds. The Hall–Kier alpha value is -15.2. The quantitative estimate of drug-likeness (QED) is 0.00614. The Morgan fingerprint density at radius 1 is 0.388 bits per heavy atom. The molecule has 0 aliphatic heterocycles. The number of nitrogens with one attached hydrogen (secondary N) is 5. The maximum atomic E-state index is 13.5. The van der Waals surface area contributed by atoms with Gasteiger partial charge in [0.15, 0.2) is 46.1 Å². The molecule has 0 saturated carbocycles. The first-order valence-electron chi connectivity index (χ1n) is 40.5. The standard InChI is InChI=1S/C44H53N9O11.C31H40N8O4.C13H15NO8/c1-48(2)14-10-9-12-37(54)33-18-29(25-50(33)4)46-42(57)35-16-27(23-49(35)3)17-38(55)34-19-30(26-51(34)5)47-43(58)36-20-28(24-52(36)6)45-41(56)13-11-15-64-40-22-32(53(60)61)31(44(59)63-8)21-39(40)62-7;1-35(2)9-7-8-33-30(42)26-10-20(16-36(26)3)13-29(41)25-15-23(19-39(25)6)34-31(43)27-11-21(17-37(27)4)12-28(40)24-14-22(32)18-38(24)5;1-20-10-6-8(13(17)21-2)9(14(18)19)7-11(10)22-5-3-4-12(15)16/h16,18-26H,9-15,17H2,1-8H3,(H,45,56)(H,46,57)(H,47,58);10-11,14-19H,7-9,12-13,32H2,1-6H3,(H,33,42)(H,34,43);6-7H,3-5H2,1-2H3,(H,15,16). The maximum absolute atomic E-state index is 13.5. The topological polar surface area (TPSA) is 499 Å². The van der Waals surface area contributed by atoms with Crippen molar-refractivity contribution in [1.29, 1.82) is 0 Å². The summed E-state index contributed by atoms with van der Waals surface area (Å²) in [6, 6.07) is 17.5. The van der Waals surface area contributed by atoms with Gasteiger partial charge >= 0.3 is 17.9 Å². The fourth-order valence-electron chi connectivity index (χ4n) is 13.8. The number of hydrogen-bond donors (Lipinski definition) is 7. The Bertz CT molecular complexity index is 5840. The summed E-state index contributed by atoms with van der Waals surface area (Å²) >= 11 is 0. The molecule has 41 heteroatoms. The number of ketones is 4. The molecule has 41 nitrogen and oxygen atoms in total. The highest BCUT2D eigenvalue weighted by molar-refractivity contribution is 6.08. The third-order valence-electron chi connectivity index (χ3n) is 20.1. The van der Waals surface area contributed by atoms with Crippen molar-refractivity contribution in [3.63, 3.8) is 0 Å². The normalized spacial score (nSPS) is 10.9. The number of nitro groups is 2. The first-order valence-corrected chi connectivity index (χ1v) is 40.5. The van der Waals surface area contributed by atoms with Crippen molar-refractivity contribution in [1.82, 2.24) is 51.7 Å². The number of aliphatic carboxylic acids is 1. The summed E-state index contributed by atoms with van der Waals surface area (Å²) < 4.78 is 43.5. The van der Waals surface area contributed by atoms with Crippen molar-refractivity contribution in [2.45, 2.75) is 70.6 Å². The number of unbranched alkanes of at least 4 members (excludes halogenated alkanes) is 1. The number of rotatable bonds is 43. The second-order valence-electron chi connectivity index (χ2n) is 30.8. The summed E-state index contributed by atoms with van der Waals surface area (Å²) in [5, 5.41) is 45.3. The van der Waals surface area contributed by atoms with Gasteiger partial charge in [-0.25, -0.2) is 9.59 Å². The Morgan fingerprint density at radius 3 is 1.10 bits per heavy atom. The van der Waals surface area contributed by atoms with Gasteiger partial charge in [0.25, 0.3) is 35.0 Å². The predicted molar refractivity (Wildman–Crippen MR) is 476 cm³/mol. The first kappa shape index (κ1) is 99.3. The Balaban J connectivity index is 0.000000270. The predicted octanol–water partition coefficient (Wildman–Crippen LogP) is 9.43. The molecule has 8 N–H and O–H groups in total. The van der Waals surface area contributed by atoms with Crippen LogP contribution in [-0.2, 0) is 94.7 Å². The van der Waals surface area contributed by atoms with Crippen molar-refractivity contribution in [2.24, 2.45) is 56.4 Å². The van der Waals surface area contributed by atoms with Gasteiger partial charge in [-0.1, -0.05) is 0 Å². The highest BCUT2D eigenvalue weighted by Crippen LogP contribution is 2.37. The molecule has 10 rings (SSSR count). The molecule has 129 heavy (non-hydrogen) atoms. The average Bonchev–Trinajstić information content (AvgIpc) is 1.82. The van der Waals surface area contributed by atoms with Crippen molar-refractivity contribution in [2.75, 3.05) is 116 Å². The lowest BCUT2D eigenvalue weighted by Crippen LogP contribution is -2.28. The van der Waals surface area contributed by atoms with Crippen molar-refractivity contribution in [3.05, 3.63) is 216 Å². The van der Waals surface area contributed by atoms with Crippen LogP contribution in [0, 0.1) is 20.2 Å². The van der Waals surface area contributed by atoms with Crippen molar-refractivity contribution >= 4 is 110 Å². The smallest absolute Gasteiger partial charge is 0.345 e. The average molecular weight is 1790 g/mol. The largest absolute Gasteiger partial charge is 0.493 e. The number of anilines is 5. The number of nitro benzene ring substituents is 2. The molecule has 0 bridgehead atoms. The number of nitrogen functional groups attached to an aromatic ring is 1. The molecule has 0 atom stereocenters. The van der Waals surface area contributed by atoms with Crippen LogP contribution in [0.1, 0.15) is 173 Å². The third-order valence-corrected chi connectivity index (χ3v) is 20.1. The summed E-state index contributed by atoms with van der Waals surface area (Å²) in [7, 11) is 26.6. The number of hydrogen-bond acceptors (Lipinski definition) is 25. The number of Topliss-reactive ketones (excluding diaryl/α,β-unsaturated/α-hetero) is 4. The molecular weight excluding hydrogens is 1680 g/mol. The van der Waals surface area contributed by atoms with Crippen molar-refractivity contribution < 1.29 is 101 Å². The second-order valence-corrected chi connectivity index (χ2v) is 30.8. The van der Waals surface area contributed by atoms with Crippen LogP contribution < -0.4 is 51.3 Å². The van der Waals surface area contributed by atoms with E-state index in [2.05, 4.69) is 45.9 Å². The van der Waals surface area contributed by atoms with Crippen LogP contribution in [0.4, 0.5) is 39.8 Å². The van der Waals surface area contributed by atoms with E-state index in [0.29, 0.717) is 92.4 Å². The summed E-state index contributed by atoms with van der Waals surface area (Å²) in [5.74, 6) is -4.80. The van der Waals surface area contributed by atoms with Gasteiger partial charge in [-0.3, -0.25) is 68.2 Å². The van der Waals surface area contributed by atoms with Gasteiger partial charge in [0.1, 0.15) is 33.9 Å². The fraction of sp³-hybridized carbons (Fsp3) is 0.364. The van der Waals surface area contributed by atoms with Gasteiger partial charge in [-0.2, -0.15) is 0 Å². The molecule has 8 heterocycles. The zero-order chi connectivity index (χ0) is 94.9. The molecule has 8 aromatic heterocycles. The van der Waals surface area contributed by atoms with E-state index in [-0.39, 0.29) is 139 Å². The number of aryl methyl sites for hydroxylation is 8. The lowest BCUT2D eigenvalue weighted by Gasteiger charge is -2.12. The molecule has 10 aromatic rings. The number of nitrogens with zero attached hydrogens (tertiary/aromatic N) is 12. The molecule has 2 aromatic carbocycles. The minimum absolute atomic E-state index is 0.00366. The van der Waals surface area contributed by atoms with E-state index in [1.54, 1.807) is 180 Å². The van der Waals surface area contributed by atoms with E-state index in [4.69, 9.17) is 29.8 Å². The van der Waals surface area contributed by atoms with Gasteiger partial charge in [-0.15, -0.1) is 0 Å². The van der Waals surface area contributed by atoms with Gasteiger partial charge in [-0.05, 0) is 139 Å². The molecule has 0 aliphatic rings. The number of carboxylic acids is 1. The molecule has 0 aliphatic carbocycles. The maximum Gasteiger partial charge on any atom is 0.345 e. The lowest BCUT2D eigenvalue weighted by molar-refractivity contribution is -0.385. The Kier molecular flexibility index (Phi) is 35.1. The first-order chi connectivity index (χ1) is 61.1. The van der Waals surface area contributed by atoms with E-state index in [1.165, 1.54) is 24.9 Å². The number of carbonyl (C=O) groups is 12. The Labute approximate surface area is 742 Å². The number of ether oxygens (including phenoxy) is 6. The molecule has 0 unspecified atom stereocenters. The Morgan fingerprint density at radius 2 is 0.729 bits per heavy atom. The monoisotopic (exact) mass is 1780 g/mol. The van der Waals surface area contributed by atoms with E-state index in [9.17, 15) is 77.8 Å². The summed E-state index contributed by atoms with van der Waals surface area (Å²) in [5.41, 5.74) is 11.6. The summed E-state index contributed by atoms with van der Waals surface area (Å²) in [6.45, 7) is 2.38. The second kappa shape index (κ2) is 45.6. The number of esters is 2. The van der Waals surface area contributed by atoms with Gasteiger partial charge in [0, 0.05) is 163 Å². The minimum Gasteiger partial charge on any atom is -0.493 e. The number of methoxy groups -OCH3 is 4. The molecule has 0 spiro atoms.